The second-order valence-corrected chi connectivity index (χ2v) is 4.68. The first-order valence-electron chi connectivity index (χ1n) is 4.43. The molecule has 0 aliphatic carbocycles. The van der Waals surface area contributed by atoms with Crippen LogP contribution in [0.5, 0.6) is 0 Å². The molecule has 1 aliphatic rings. The summed E-state index contributed by atoms with van der Waals surface area (Å²) in [4.78, 5) is 0. The fourth-order valence-electron chi connectivity index (χ4n) is 1.75. The van der Waals surface area contributed by atoms with Gasteiger partial charge in [-0.25, -0.2) is 0 Å². The quantitative estimate of drug-likeness (QED) is 0.818. The summed E-state index contributed by atoms with van der Waals surface area (Å²) in [5.74, 6) is 0.598. The number of halogens is 2. The van der Waals surface area contributed by atoms with Crippen molar-refractivity contribution < 1.29 is 0 Å². The van der Waals surface area contributed by atoms with Crippen molar-refractivity contribution in [3.05, 3.63) is 33.3 Å². The summed E-state index contributed by atoms with van der Waals surface area (Å²) in [6.45, 7) is 2.17. The van der Waals surface area contributed by atoms with Crippen LogP contribution in [0.15, 0.2) is 22.7 Å². The first kappa shape index (κ1) is 9.50. The summed E-state index contributed by atoms with van der Waals surface area (Å²) in [6.07, 6.45) is 1.20. The maximum absolute atomic E-state index is 6.15. The molecule has 0 saturated carbocycles. The Labute approximate surface area is 91.6 Å². The smallest absolute Gasteiger partial charge is 0.0452 e. The minimum atomic E-state index is 0.598. The highest BCUT2D eigenvalue weighted by Crippen LogP contribution is 2.30. The lowest BCUT2D eigenvalue weighted by atomic mass is 9.99. The first-order valence-corrected chi connectivity index (χ1v) is 5.60. The van der Waals surface area contributed by atoms with E-state index < -0.39 is 0 Å². The van der Waals surface area contributed by atoms with Crippen LogP contribution < -0.4 is 5.32 Å². The van der Waals surface area contributed by atoms with E-state index in [9.17, 15) is 0 Å². The molecule has 0 bridgehead atoms. The average molecular weight is 261 g/mol. The summed E-state index contributed by atoms with van der Waals surface area (Å²) in [6, 6.07) is 6.14. The molecule has 0 radical (unpaired) electrons. The van der Waals surface area contributed by atoms with Gasteiger partial charge in [0.1, 0.15) is 0 Å². The molecule has 13 heavy (non-hydrogen) atoms. The lowest BCUT2D eigenvalue weighted by Crippen LogP contribution is -2.08. The average Bonchev–Trinajstić information content (AvgIpc) is 2.56. The minimum Gasteiger partial charge on any atom is -0.316 e. The molecule has 0 amide bonds. The molecule has 1 atom stereocenters. The predicted octanol–water partition coefficient (Wildman–Crippen LogP) is 3.18. The molecule has 70 valence electrons. The fraction of sp³-hybridized carbons (Fsp3) is 0.400. The summed E-state index contributed by atoms with van der Waals surface area (Å²) in [5.41, 5.74) is 1.27. The van der Waals surface area contributed by atoms with Gasteiger partial charge in [-0.15, -0.1) is 0 Å². The Kier molecular flexibility index (Phi) is 2.92. The molecule has 1 aromatic rings. The van der Waals surface area contributed by atoms with Crippen LogP contribution in [0.2, 0.25) is 5.02 Å². The third kappa shape index (κ3) is 2.06. The van der Waals surface area contributed by atoms with Gasteiger partial charge >= 0.3 is 0 Å². The molecule has 1 aromatic carbocycles. The monoisotopic (exact) mass is 259 g/mol. The maximum Gasteiger partial charge on any atom is 0.0452 e. The molecular formula is C10H11BrClN. The lowest BCUT2D eigenvalue weighted by Gasteiger charge is -2.10. The van der Waals surface area contributed by atoms with Gasteiger partial charge in [-0.3, -0.25) is 0 Å². The number of rotatable bonds is 1. The van der Waals surface area contributed by atoms with Crippen LogP contribution >= 0.6 is 27.5 Å². The Morgan fingerprint density at radius 3 is 2.92 bits per heavy atom. The molecule has 1 saturated heterocycles. The number of nitrogens with one attached hydrogen (secondary N) is 1. The summed E-state index contributed by atoms with van der Waals surface area (Å²) in [5, 5.41) is 4.22. The van der Waals surface area contributed by atoms with Crippen LogP contribution in [0.3, 0.4) is 0 Å². The van der Waals surface area contributed by atoms with Crippen molar-refractivity contribution >= 4 is 27.5 Å². The third-order valence-electron chi connectivity index (χ3n) is 2.46. The molecule has 1 fully saturated rings. The van der Waals surface area contributed by atoms with Gasteiger partial charge in [-0.2, -0.15) is 0 Å². The Hall–Kier alpha value is -0.0500. The molecule has 0 spiro atoms. The minimum absolute atomic E-state index is 0.598. The van der Waals surface area contributed by atoms with Crippen LogP contribution in [0.1, 0.15) is 17.9 Å². The summed E-state index contributed by atoms with van der Waals surface area (Å²) in [7, 11) is 0. The van der Waals surface area contributed by atoms with E-state index in [1.54, 1.807) is 0 Å². The van der Waals surface area contributed by atoms with E-state index in [2.05, 4.69) is 33.4 Å². The van der Waals surface area contributed by atoms with Crippen LogP contribution in [0.25, 0.3) is 0 Å². The van der Waals surface area contributed by atoms with E-state index in [4.69, 9.17) is 11.6 Å². The van der Waals surface area contributed by atoms with Crippen LogP contribution in [-0.4, -0.2) is 13.1 Å². The van der Waals surface area contributed by atoms with E-state index in [0.29, 0.717) is 5.92 Å². The zero-order valence-electron chi connectivity index (χ0n) is 7.19. The van der Waals surface area contributed by atoms with E-state index in [1.165, 1.54) is 12.0 Å². The van der Waals surface area contributed by atoms with E-state index >= 15 is 0 Å². The largest absolute Gasteiger partial charge is 0.316 e. The summed E-state index contributed by atoms with van der Waals surface area (Å²) >= 11 is 9.56. The highest BCUT2D eigenvalue weighted by Gasteiger charge is 2.18. The van der Waals surface area contributed by atoms with Crippen LogP contribution in [0.4, 0.5) is 0 Å². The molecule has 0 aromatic heterocycles. The molecule has 2 rings (SSSR count). The molecule has 1 aliphatic heterocycles. The highest BCUT2D eigenvalue weighted by molar-refractivity contribution is 9.10. The molecule has 1 nitrogen and oxygen atoms in total. The Balaban J connectivity index is 2.29. The van der Waals surface area contributed by atoms with E-state index in [1.807, 2.05) is 6.07 Å². The van der Waals surface area contributed by atoms with E-state index in [-0.39, 0.29) is 0 Å². The van der Waals surface area contributed by atoms with Crippen molar-refractivity contribution in [2.24, 2.45) is 0 Å². The van der Waals surface area contributed by atoms with Gasteiger partial charge in [0.25, 0.3) is 0 Å². The van der Waals surface area contributed by atoms with Crippen molar-refractivity contribution in [2.75, 3.05) is 13.1 Å². The van der Waals surface area contributed by atoms with Gasteiger partial charge in [0.05, 0.1) is 0 Å². The van der Waals surface area contributed by atoms with Gasteiger partial charge in [0.2, 0.25) is 0 Å². The Morgan fingerprint density at radius 2 is 2.31 bits per heavy atom. The topological polar surface area (TPSA) is 12.0 Å². The van der Waals surface area contributed by atoms with Crippen molar-refractivity contribution in [3.8, 4) is 0 Å². The molecule has 1 N–H and O–H groups in total. The second kappa shape index (κ2) is 3.99. The Morgan fingerprint density at radius 1 is 1.46 bits per heavy atom. The van der Waals surface area contributed by atoms with Crippen LogP contribution in [0, 0.1) is 0 Å². The molecular weight excluding hydrogens is 249 g/mol. The zero-order valence-corrected chi connectivity index (χ0v) is 9.53. The molecule has 0 unspecified atom stereocenters. The standard InChI is InChI=1S/C10H11BrClN/c11-8-1-2-9(10(12)5-8)7-3-4-13-6-7/h1-2,5,7,13H,3-4,6H2/t7-/m1/s1. The van der Waals surface area contributed by atoms with Crippen molar-refractivity contribution in [1.82, 2.24) is 5.32 Å². The zero-order chi connectivity index (χ0) is 9.26. The Bertz CT molecular complexity index is 308. The van der Waals surface area contributed by atoms with Gasteiger partial charge in [-0.1, -0.05) is 33.6 Å². The maximum atomic E-state index is 6.15. The fourth-order valence-corrected chi connectivity index (χ4v) is 2.58. The molecule has 1 heterocycles. The normalized spacial score (nSPS) is 22.2. The van der Waals surface area contributed by atoms with Gasteiger partial charge in [0, 0.05) is 16.0 Å². The number of benzene rings is 1. The summed E-state index contributed by atoms with van der Waals surface area (Å²) < 4.78 is 1.05. The van der Waals surface area contributed by atoms with Gasteiger partial charge in [0.15, 0.2) is 0 Å². The van der Waals surface area contributed by atoms with Crippen molar-refractivity contribution in [1.29, 1.82) is 0 Å². The van der Waals surface area contributed by atoms with Gasteiger partial charge < -0.3 is 5.32 Å². The lowest BCUT2D eigenvalue weighted by molar-refractivity contribution is 0.763. The van der Waals surface area contributed by atoms with Crippen LogP contribution in [-0.2, 0) is 0 Å². The van der Waals surface area contributed by atoms with E-state index in [0.717, 1.165) is 22.6 Å². The van der Waals surface area contributed by atoms with Gasteiger partial charge in [-0.05, 0) is 36.6 Å². The highest BCUT2D eigenvalue weighted by atomic mass is 79.9. The molecule has 3 heteroatoms. The predicted molar refractivity (Wildman–Crippen MR) is 59.4 cm³/mol. The number of hydrogen-bond donors (Lipinski definition) is 1. The van der Waals surface area contributed by atoms with Crippen molar-refractivity contribution in [2.45, 2.75) is 12.3 Å². The SMILES string of the molecule is Clc1cc(Br)ccc1[C@@H]1CCNC1. The number of hydrogen-bond acceptors (Lipinski definition) is 1. The second-order valence-electron chi connectivity index (χ2n) is 3.36. The first-order chi connectivity index (χ1) is 6.27. The third-order valence-corrected chi connectivity index (χ3v) is 3.28. The van der Waals surface area contributed by atoms with Crippen molar-refractivity contribution in [3.63, 3.8) is 0 Å².